The Balaban J connectivity index is 1.65. The Bertz CT molecular complexity index is 1550. The maximum atomic E-state index is 13.3. The molecule has 5 aromatic rings. The van der Waals surface area contributed by atoms with E-state index in [1.54, 1.807) is 54.6 Å². The SMILES string of the molecule is O=C(/C(Cl)=N/Nc1ccccc1)n1c(-c2cc3ccccc3oc2=O)nc2ccccc21. The number of para-hydroxylation sites is 4. The van der Waals surface area contributed by atoms with Gasteiger partial charge in [-0.2, -0.15) is 5.10 Å². The Morgan fingerprint density at radius 3 is 2.53 bits per heavy atom. The molecule has 0 atom stereocenters. The van der Waals surface area contributed by atoms with Crippen LogP contribution in [0.25, 0.3) is 33.4 Å². The number of nitrogens with zero attached hydrogens (tertiary/aromatic N) is 3. The van der Waals surface area contributed by atoms with E-state index in [-0.39, 0.29) is 16.6 Å². The molecule has 32 heavy (non-hydrogen) atoms. The van der Waals surface area contributed by atoms with Gasteiger partial charge >= 0.3 is 5.63 Å². The molecule has 5 rings (SSSR count). The van der Waals surface area contributed by atoms with Crippen molar-refractivity contribution in [3.8, 4) is 11.4 Å². The van der Waals surface area contributed by atoms with Gasteiger partial charge in [0.25, 0.3) is 5.91 Å². The molecule has 3 aromatic carbocycles. The van der Waals surface area contributed by atoms with E-state index in [1.807, 2.05) is 30.3 Å². The number of hydrazone groups is 1. The first kappa shape index (κ1) is 19.7. The molecule has 0 aliphatic rings. The van der Waals surface area contributed by atoms with E-state index in [0.29, 0.717) is 27.7 Å². The van der Waals surface area contributed by atoms with Crippen LogP contribution in [0, 0.1) is 0 Å². The van der Waals surface area contributed by atoms with Crippen LogP contribution in [0.4, 0.5) is 5.69 Å². The van der Waals surface area contributed by atoms with Crippen molar-refractivity contribution in [1.29, 1.82) is 0 Å². The quantitative estimate of drug-likeness (QED) is 0.237. The van der Waals surface area contributed by atoms with Crippen LogP contribution < -0.4 is 11.1 Å². The van der Waals surface area contributed by atoms with Crippen molar-refractivity contribution < 1.29 is 9.21 Å². The first-order valence-electron chi connectivity index (χ1n) is 9.71. The predicted molar refractivity (Wildman–Crippen MR) is 125 cm³/mol. The fraction of sp³-hybridized carbons (Fsp3) is 0. The van der Waals surface area contributed by atoms with Crippen LogP contribution in [0.15, 0.2) is 99.2 Å². The molecule has 0 aliphatic carbocycles. The zero-order chi connectivity index (χ0) is 22.1. The number of benzene rings is 3. The van der Waals surface area contributed by atoms with Crippen LogP contribution in [0.1, 0.15) is 4.79 Å². The number of nitrogens with one attached hydrogen (secondary N) is 1. The first-order valence-corrected chi connectivity index (χ1v) is 10.1. The van der Waals surface area contributed by atoms with Crippen molar-refractivity contribution in [1.82, 2.24) is 9.55 Å². The monoisotopic (exact) mass is 442 g/mol. The zero-order valence-corrected chi connectivity index (χ0v) is 17.3. The topological polar surface area (TPSA) is 89.5 Å². The van der Waals surface area contributed by atoms with Gasteiger partial charge in [0.2, 0.25) is 5.17 Å². The average Bonchev–Trinajstić information content (AvgIpc) is 3.21. The molecule has 0 spiro atoms. The van der Waals surface area contributed by atoms with Crippen molar-refractivity contribution in [2.75, 3.05) is 5.43 Å². The Labute approximate surface area is 186 Å². The molecular formula is C24H15ClN4O3. The number of hydrogen-bond acceptors (Lipinski definition) is 6. The zero-order valence-electron chi connectivity index (χ0n) is 16.5. The maximum Gasteiger partial charge on any atom is 0.347 e. The number of fused-ring (bicyclic) bond motifs is 2. The normalized spacial score (nSPS) is 11.7. The lowest BCUT2D eigenvalue weighted by atomic mass is 10.2. The fourth-order valence-electron chi connectivity index (χ4n) is 3.40. The Morgan fingerprint density at radius 1 is 0.969 bits per heavy atom. The van der Waals surface area contributed by atoms with Gasteiger partial charge in [0.05, 0.1) is 16.7 Å². The van der Waals surface area contributed by atoms with E-state index < -0.39 is 11.5 Å². The molecular weight excluding hydrogens is 428 g/mol. The molecule has 2 aromatic heterocycles. The molecule has 8 heteroatoms. The third-order valence-corrected chi connectivity index (χ3v) is 5.13. The van der Waals surface area contributed by atoms with Crippen molar-refractivity contribution in [2.45, 2.75) is 0 Å². The number of carbonyl (C=O) groups is 1. The summed E-state index contributed by atoms with van der Waals surface area (Å²) in [6.45, 7) is 0. The highest BCUT2D eigenvalue weighted by atomic mass is 35.5. The number of hydrogen-bond donors (Lipinski definition) is 1. The van der Waals surface area contributed by atoms with E-state index in [4.69, 9.17) is 16.0 Å². The third-order valence-electron chi connectivity index (χ3n) is 4.88. The molecule has 0 unspecified atom stereocenters. The number of halogens is 1. The van der Waals surface area contributed by atoms with Gasteiger partial charge in [0, 0.05) is 5.39 Å². The highest BCUT2D eigenvalue weighted by Crippen LogP contribution is 2.25. The minimum absolute atomic E-state index is 0.128. The molecule has 0 bridgehead atoms. The summed E-state index contributed by atoms with van der Waals surface area (Å²) in [5.41, 5.74) is 4.43. The molecule has 7 nitrogen and oxygen atoms in total. The number of anilines is 1. The number of rotatable bonds is 4. The second-order valence-electron chi connectivity index (χ2n) is 6.93. The van der Waals surface area contributed by atoms with E-state index in [1.165, 1.54) is 4.57 Å². The Hall–Kier alpha value is -4.23. The molecule has 0 saturated carbocycles. The fourth-order valence-corrected chi connectivity index (χ4v) is 3.52. The lowest BCUT2D eigenvalue weighted by Crippen LogP contribution is -2.21. The Morgan fingerprint density at radius 2 is 1.69 bits per heavy atom. The summed E-state index contributed by atoms with van der Waals surface area (Å²) in [5.74, 6) is -0.505. The lowest BCUT2D eigenvalue weighted by molar-refractivity contribution is 0.0999. The lowest BCUT2D eigenvalue weighted by Gasteiger charge is -2.07. The summed E-state index contributed by atoms with van der Waals surface area (Å²) in [6.07, 6.45) is 0. The minimum Gasteiger partial charge on any atom is -0.422 e. The van der Waals surface area contributed by atoms with Gasteiger partial charge in [-0.3, -0.25) is 14.8 Å². The van der Waals surface area contributed by atoms with E-state index >= 15 is 0 Å². The standard InChI is InChI=1S/C24H15ClN4O3/c25-21(28-27-16-9-2-1-3-10-16)23(30)29-19-12-6-5-11-18(19)26-22(29)17-14-15-8-4-7-13-20(15)32-24(17)31/h1-14,27H/b28-21-. The van der Waals surface area contributed by atoms with E-state index in [2.05, 4.69) is 15.5 Å². The van der Waals surface area contributed by atoms with Crippen molar-refractivity contribution >= 4 is 50.4 Å². The maximum absolute atomic E-state index is 13.3. The van der Waals surface area contributed by atoms with Gasteiger partial charge in [-0.05, 0) is 36.4 Å². The van der Waals surface area contributed by atoms with Crippen LogP contribution in [0.3, 0.4) is 0 Å². The molecule has 1 N–H and O–H groups in total. The second-order valence-corrected chi connectivity index (χ2v) is 7.29. The van der Waals surface area contributed by atoms with Gasteiger partial charge in [-0.25, -0.2) is 9.78 Å². The molecule has 0 radical (unpaired) electrons. The number of aromatic nitrogens is 2. The molecule has 0 saturated heterocycles. The Kier molecular flexibility index (Phi) is 5.01. The third kappa shape index (κ3) is 3.55. The average molecular weight is 443 g/mol. The summed E-state index contributed by atoms with van der Waals surface area (Å²) in [6, 6.07) is 24.9. The van der Waals surface area contributed by atoms with Crippen LogP contribution in [-0.2, 0) is 0 Å². The smallest absolute Gasteiger partial charge is 0.347 e. The number of imidazole rings is 1. The number of carbonyl (C=O) groups excluding carboxylic acids is 1. The minimum atomic E-state index is -0.633. The van der Waals surface area contributed by atoms with Crippen molar-refractivity contribution in [2.24, 2.45) is 5.10 Å². The van der Waals surface area contributed by atoms with Crippen LogP contribution >= 0.6 is 11.6 Å². The summed E-state index contributed by atoms with van der Waals surface area (Å²) in [5, 5.41) is 4.39. The van der Waals surface area contributed by atoms with Gasteiger partial charge in [-0.1, -0.05) is 60.1 Å². The summed E-state index contributed by atoms with van der Waals surface area (Å²) < 4.78 is 6.72. The summed E-state index contributed by atoms with van der Waals surface area (Å²) in [4.78, 5) is 30.6. The van der Waals surface area contributed by atoms with Gasteiger partial charge < -0.3 is 4.42 Å². The predicted octanol–water partition coefficient (Wildman–Crippen LogP) is 5.11. The van der Waals surface area contributed by atoms with E-state index in [9.17, 15) is 9.59 Å². The highest BCUT2D eigenvalue weighted by molar-refractivity contribution is 6.83. The van der Waals surface area contributed by atoms with Gasteiger partial charge in [-0.15, -0.1) is 0 Å². The van der Waals surface area contributed by atoms with Crippen LogP contribution in [0.5, 0.6) is 0 Å². The highest BCUT2D eigenvalue weighted by Gasteiger charge is 2.24. The first-order chi connectivity index (χ1) is 15.6. The molecule has 2 heterocycles. The van der Waals surface area contributed by atoms with Crippen LogP contribution in [-0.4, -0.2) is 20.6 Å². The molecule has 0 aliphatic heterocycles. The van der Waals surface area contributed by atoms with Crippen molar-refractivity contribution in [3.63, 3.8) is 0 Å². The van der Waals surface area contributed by atoms with Crippen LogP contribution in [0.2, 0.25) is 0 Å². The van der Waals surface area contributed by atoms with Gasteiger partial charge in [0.1, 0.15) is 11.1 Å². The summed E-state index contributed by atoms with van der Waals surface area (Å²) >= 11 is 6.26. The molecule has 156 valence electrons. The molecule has 0 amide bonds. The largest absolute Gasteiger partial charge is 0.422 e. The second kappa shape index (κ2) is 8.13. The van der Waals surface area contributed by atoms with E-state index in [0.717, 1.165) is 0 Å². The van der Waals surface area contributed by atoms with Gasteiger partial charge in [0.15, 0.2) is 5.82 Å². The summed E-state index contributed by atoms with van der Waals surface area (Å²) in [7, 11) is 0. The molecule has 0 fully saturated rings. The van der Waals surface area contributed by atoms with Crippen molar-refractivity contribution in [3.05, 3.63) is 95.3 Å².